The highest BCUT2D eigenvalue weighted by molar-refractivity contribution is 14.1. The summed E-state index contributed by atoms with van der Waals surface area (Å²) in [5, 5.41) is 0. The Morgan fingerprint density at radius 2 is 2.29 bits per heavy atom. The summed E-state index contributed by atoms with van der Waals surface area (Å²) in [5.74, 6) is 0. The molecule has 0 aliphatic rings. The van der Waals surface area contributed by atoms with Crippen molar-refractivity contribution < 1.29 is 0 Å². The molecule has 1 heterocycles. The molecule has 0 N–H and O–H groups in total. The maximum atomic E-state index is 2.28. The van der Waals surface area contributed by atoms with Crippen LogP contribution in [0.15, 0.2) is 18.5 Å². The highest BCUT2D eigenvalue weighted by Crippen LogP contribution is 2.05. The highest BCUT2D eigenvalue weighted by Gasteiger charge is 1.83. The van der Waals surface area contributed by atoms with Crippen molar-refractivity contribution in [2.45, 2.75) is 0 Å². The van der Waals surface area contributed by atoms with E-state index in [1.165, 1.54) is 3.57 Å². The Bertz CT molecular complexity index is 142. The second kappa shape index (κ2) is 2.34. The van der Waals surface area contributed by atoms with Crippen LogP contribution in [0.2, 0.25) is 0 Å². The summed E-state index contributed by atoms with van der Waals surface area (Å²) in [4.78, 5) is 0. The number of nitrogens with zero attached hydrogens (tertiary/aromatic N) is 1. The van der Waals surface area contributed by atoms with E-state index in [9.17, 15) is 0 Å². The topological polar surface area (TPSA) is 4.93 Å². The molecule has 0 saturated carbocycles. The fourth-order valence-corrected chi connectivity index (χ4v) is 1.80. The van der Waals surface area contributed by atoms with E-state index in [-0.39, 0.29) is 0 Å². The minimum atomic E-state index is 1.28. The van der Waals surface area contributed by atoms with Crippen LogP contribution in [0, 0.1) is 3.57 Å². The molecular formula is C4H3I2N. The van der Waals surface area contributed by atoms with Gasteiger partial charge in [-0.3, -0.25) is 2.78 Å². The Labute approximate surface area is 69.7 Å². The van der Waals surface area contributed by atoms with Crippen molar-refractivity contribution in [1.29, 1.82) is 0 Å². The van der Waals surface area contributed by atoms with Gasteiger partial charge in [0.2, 0.25) is 0 Å². The zero-order valence-corrected chi connectivity index (χ0v) is 7.75. The van der Waals surface area contributed by atoms with Crippen molar-refractivity contribution in [1.82, 2.24) is 2.78 Å². The van der Waals surface area contributed by atoms with Crippen LogP contribution in [0.1, 0.15) is 0 Å². The summed E-state index contributed by atoms with van der Waals surface area (Å²) >= 11 is 4.49. The predicted molar refractivity (Wildman–Crippen MR) is 46.6 cm³/mol. The van der Waals surface area contributed by atoms with Crippen LogP contribution >= 0.6 is 45.5 Å². The van der Waals surface area contributed by atoms with Gasteiger partial charge in [0.05, 0.1) is 22.9 Å². The van der Waals surface area contributed by atoms with Crippen LogP contribution in [0.5, 0.6) is 0 Å². The molecular weight excluding hydrogens is 316 g/mol. The molecule has 0 fully saturated rings. The van der Waals surface area contributed by atoms with Crippen molar-refractivity contribution in [2.75, 3.05) is 0 Å². The standard InChI is InChI=1S/C4H3I2N/c5-4-1-2-7(6)3-4/h1-3H. The first-order chi connectivity index (χ1) is 3.29. The van der Waals surface area contributed by atoms with Gasteiger partial charge < -0.3 is 0 Å². The Balaban J connectivity index is 3.04. The molecule has 1 aromatic rings. The summed E-state index contributed by atoms with van der Waals surface area (Å²) in [5.41, 5.74) is 0. The SMILES string of the molecule is Ic1ccn(I)c1. The molecule has 1 aromatic heterocycles. The van der Waals surface area contributed by atoms with Crippen molar-refractivity contribution >= 4 is 45.5 Å². The molecule has 0 aromatic carbocycles. The average molecular weight is 319 g/mol. The summed E-state index contributed by atoms with van der Waals surface area (Å²) in [7, 11) is 0. The van der Waals surface area contributed by atoms with Crippen molar-refractivity contribution in [2.24, 2.45) is 0 Å². The summed E-state index contributed by atoms with van der Waals surface area (Å²) in [6, 6.07) is 2.06. The molecule has 0 amide bonds. The largest absolute Gasteiger partial charge is 0.296 e. The quantitative estimate of drug-likeness (QED) is 0.647. The van der Waals surface area contributed by atoms with Gasteiger partial charge in [-0.15, -0.1) is 0 Å². The molecule has 0 bridgehead atoms. The van der Waals surface area contributed by atoms with E-state index in [2.05, 4.69) is 57.7 Å². The van der Waals surface area contributed by atoms with E-state index in [1.54, 1.807) is 0 Å². The molecule has 0 atom stereocenters. The molecule has 0 unspecified atom stereocenters. The molecule has 0 radical (unpaired) electrons. The Morgan fingerprint density at radius 3 is 2.43 bits per heavy atom. The van der Waals surface area contributed by atoms with Crippen molar-refractivity contribution in [3.63, 3.8) is 0 Å². The zero-order valence-electron chi connectivity index (χ0n) is 3.44. The van der Waals surface area contributed by atoms with Crippen molar-refractivity contribution in [3.05, 3.63) is 22.0 Å². The number of hydrogen-bond donors (Lipinski definition) is 0. The van der Waals surface area contributed by atoms with Gasteiger partial charge in [0.15, 0.2) is 0 Å². The third-order valence-corrected chi connectivity index (χ3v) is 1.86. The number of aromatic nitrogens is 1. The van der Waals surface area contributed by atoms with Gasteiger partial charge in [-0.25, -0.2) is 0 Å². The van der Waals surface area contributed by atoms with Crippen LogP contribution in [0.3, 0.4) is 0 Å². The van der Waals surface area contributed by atoms with E-state index in [4.69, 9.17) is 0 Å². The Kier molecular flexibility index (Phi) is 1.96. The van der Waals surface area contributed by atoms with Crippen LogP contribution in [-0.2, 0) is 0 Å². The second-order valence-corrected chi connectivity index (χ2v) is 3.53. The lowest BCUT2D eigenvalue weighted by Crippen LogP contribution is -1.63. The molecule has 1 rings (SSSR count). The van der Waals surface area contributed by atoms with Crippen molar-refractivity contribution in [3.8, 4) is 0 Å². The fraction of sp³-hybridized carbons (Fsp3) is 0. The van der Waals surface area contributed by atoms with Crippen LogP contribution in [0.25, 0.3) is 0 Å². The fourth-order valence-electron chi connectivity index (χ4n) is 0.346. The Morgan fingerprint density at radius 1 is 1.57 bits per heavy atom. The van der Waals surface area contributed by atoms with Gasteiger partial charge in [-0.05, 0) is 28.7 Å². The molecule has 0 aliphatic carbocycles. The van der Waals surface area contributed by atoms with Crippen LogP contribution < -0.4 is 0 Å². The average Bonchev–Trinajstić information content (AvgIpc) is 1.87. The second-order valence-electron chi connectivity index (χ2n) is 1.17. The first-order valence-corrected chi connectivity index (χ1v) is 3.83. The van der Waals surface area contributed by atoms with Gasteiger partial charge in [0.25, 0.3) is 0 Å². The lowest BCUT2D eigenvalue weighted by atomic mass is 10.7. The third-order valence-electron chi connectivity index (χ3n) is 0.623. The molecule has 0 aliphatic heterocycles. The molecule has 0 saturated heterocycles. The Hall–Kier alpha value is 0.740. The van der Waals surface area contributed by atoms with Gasteiger partial charge in [0.1, 0.15) is 0 Å². The van der Waals surface area contributed by atoms with Crippen LogP contribution in [-0.4, -0.2) is 2.78 Å². The van der Waals surface area contributed by atoms with Gasteiger partial charge >= 0.3 is 0 Å². The lowest BCUT2D eigenvalue weighted by molar-refractivity contribution is 1.36. The lowest BCUT2D eigenvalue weighted by Gasteiger charge is -1.76. The van der Waals surface area contributed by atoms with Gasteiger partial charge in [-0.2, -0.15) is 0 Å². The third kappa shape index (κ3) is 1.60. The van der Waals surface area contributed by atoms with E-state index >= 15 is 0 Å². The van der Waals surface area contributed by atoms with E-state index in [0.717, 1.165) is 0 Å². The number of rotatable bonds is 0. The molecule has 38 valence electrons. The van der Waals surface area contributed by atoms with Gasteiger partial charge in [-0.1, -0.05) is 0 Å². The molecule has 0 spiro atoms. The number of halogens is 2. The van der Waals surface area contributed by atoms with Gasteiger partial charge in [0, 0.05) is 16.0 Å². The van der Waals surface area contributed by atoms with E-state index in [0.29, 0.717) is 0 Å². The first-order valence-electron chi connectivity index (χ1n) is 1.79. The normalized spacial score (nSPS) is 9.43. The maximum absolute atomic E-state index is 2.28. The summed E-state index contributed by atoms with van der Waals surface area (Å²) in [6.07, 6.45) is 4.07. The maximum Gasteiger partial charge on any atom is 0.0634 e. The smallest absolute Gasteiger partial charge is 0.0634 e. The molecule has 7 heavy (non-hydrogen) atoms. The van der Waals surface area contributed by atoms with E-state index in [1.807, 2.05) is 8.98 Å². The summed E-state index contributed by atoms with van der Waals surface area (Å²) in [6.45, 7) is 0. The van der Waals surface area contributed by atoms with E-state index < -0.39 is 0 Å². The zero-order chi connectivity index (χ0) is 5.28. The number of hydrogen-bond acceptors (Lipinski definition) is 0. The highest BCUT2D eigenvalue weighted by atomic mass is 127. The molecule has 1 nitrogen and oxygen atoms in total. The monoisotopic (exact) mass is 319 g/mol. The predicted octanol–water partition coefficient (Wildman–Crippen LogP) is 2.29. The molecule has 3 heteroatoms. The first kappa shape index (κ1) is 5.87. The summed E-state index contributed by atoms with van der Waals surface area (Å²) < 4.78 is 3.28. The van der Waals surface area contributed by atoms with Crippen LogP contribution in [0.4, 0.5) is 0 Å². The minimum absolute atomic E-state index is 1.28. The minimum Gasteiger partial charge on any atom is -0.296 e.